The molecular formula is C13H18ClNO2. The van der Waals surface area contributed by atoms with Crippen LogP contribution in [0.15, 0.2) is 30.4 Å². The third kappa shape index (κ3) is 3.38. The van der Waals surface area contributed by atoms with Gasteiger partial charge in [-0.25, -0.2) is 0 Å². The standard InChI is InChI=1S/C13H17NO2.ClH/c1-9(2)7-11(14)10-3-4-12-13(8-10)16-6-5-15-12;/h3-4,8,11H,1,5-7,14H2,2H3;1H/t11-;/m1./s1. The third-order valence-corrected chi connectivity index (χ3v) is 2.56. The van der Waals surface area contributed by atoms with E-state index in [-0.39, 0.29) is 18.4 Å². The predicted octanol–water partition coefficient (Wildman–Crippen LogP) is 2.85. The van der Waals surface area contributed by atoms with Crippen molar-refractivity contribution in [2.75, 3.05) is 13.2 Å². The first-order chi connectivity index (χ1) is 7.66. The molecule has 0 spiro atoms. The number of fused-ring (bicyclic) bond motifs is 1. The highest BCUT2D eigenvalue weighted by Gasteiger charge is 2.14. The van der Waals surface area contributed by atoms with Crippen molar-refractivity contribution >= 4 is 12.4 Å². The zero-order valence-electron chi connectivity index (χ0n) is 9.94. The van der Waals surface area contributed by atoms with Crippen molar-refractivity contribution in [3.63, 3.8) is 0 Å². The van der Waals surface area contributed by atoms with Gasteiger partial charge in [-0.1, -0.05) is 11.6 Å². The molecule has 2 rings (SSSR count). The summed E-state index contributed by atoms with van der Waals surface area (Å²) in [5, 5.41) is 0. The molecule has 0 fully saturated rings. The maximum Gasteiger partial charge on any atom is 0.161 e. The van der Waals surface area contributed by atoms with Crippen LogP contribution in [0.1, 0.15) is 24.9 Å². The van der Waals surface area contributed by atoms with Gasteiger partial charge in [0.2, 0.25) is 0 Å². The van der Waals surface area contributed by atoms with Gasteiger partial charge in [0.05, 0.1) is 0 Å². The zero-order chi connectivity index (χ0) is 11.5. The summed E-state index contributed by atoms with van der Waals surface area (Å²) in [5.41, 5.74) is 8.22. The molecule has 17 heavy (non-hydrogen) atoms. The fourth-order valence-electron chi connectivity index (χ4n) is 1.78. The molecule has 0 amide bonds. The number of hydrogen-bond acceptors (Lipinski definition) is 3. The summed E-state index contributed by atoms with van der Waals surface area (Å²) in [5.74, 6) is 1.60. The molecule has 1 aliphatic rings. The van der Waals surface area contributed by atoms with Gasteiger partial charge in [-0.05, 0) is 31.0 Å². The number of nitrogens with two attached hydrogens (primary N) is 1. The lowest BCUT2D eigenvalue weighted by Gasteiger charge is -2.20. The smallest absolute Gasteiger partial charge is 0.161 e. The maximum atomic E-state index is 6.07. The van der Waals surface area contributed by atoms with Gasteiger partial charge in [-0.15, -0.1) is 19.0 Å². The van der Waals surface area contributed by atoms with Crippen LogP contribution in [0.3, 0.4) is 0 Å². The quantitative estimate of drug-likeness (QED) is 0.845. The Morgan fingerprint density at radius 2 is 2.00 bits per heavy atom. The van der Waals surface area contributed by atoms with Crippen molar-refractivity contribution in [3.05, 3.63) is 35.9 Å². The highest BCUT2D eigenvalue weighted by Crippen LogP contribution is 2.33. The lowest BCUT2D eigenvalue weighted by molar-refractivity contribution is 0.171. The Morgan fingerprint density at radius 3 is 2.65 bits per heavy atom. The Balaban J connectivity index is 0.00000144. The van der Waals surface area contributed by atoms with Gasteiger partial charge in [0.25, 0.3) is 0 Å². The Kier molecular flexibility index (Phi) is 4.85. The summed E-state index contributed by atoms with van der Waals surface area (Å²) in [6, 6.07) is 5.85. The summed E-state index contributed by atoms with van der Waals surface area (Å²) in [4.78, 5) is 0. The van der Waals surface area contributed by atoms with Crippen LogP contribution in [0.5, 0.6) is 11.5 Å². The van der Waals surface area contributed by atoms with Crippen molar-refractivity contribution in [1.82, 2.24) is 0 Å². The van der Waals surface area contributed by atoms with E-state index in [1.165, 1.54) is 0 Å². The van der Waals surface area contributed by atoms with E-state index in [4.69, 9.17) is 15.2 Å². The summed E-state index contributed by atoms with van der Waals surface area (Å²) in [6.07, 6.45) is 0.791. The first kappa shape index (κ1) is 13.9. The fraction of sp³-hybridized carbons (Fsp3) is 0.385. The lowest BCUT2D eigenvalue weighted by Crippen LogP contribution is -2.16. The molecule has 0 unspecified atom stereocenters. The van der Waals surface area contributed by atoms with Crippen molar-refractivity contribution in [1.29, 1.82) is 0 Å². The van der Waals surface area contributed by atoms with Gasteiger partial charge in [0.1, 0.15) is 13.2 Å². The van der Waals surface area contributed by atoms with E-state index in [0.717, 1.165) is 29.1 Å². The molecule has 3 nitrogen and oxygen atoms in total. The van der Waals surface area contributed by atoms with Gasteiger partial charge >= 0.3 is 0 Å². The molecule has 0 saturated carbocycles. The van der Waals surface area contributed by atoms with Crippen LogP contribution in [0.4, 0.5) is 0 Å². The molecule has 0 radical (unpaired) electrons. The van der Waals surface area contributed by atoms with Crippen LogP contribution in [-0.2, 0) is 0 Å². The highest BCUT2D eigenvalue weighted by atomic mass is 35.5. The molecule has 0 saturated heterocycles. The van der Waals surface area contributed by atoms with E-state index in [2.05, 4.69) is 6.58 Å². The topological polar surface area (TPSA) is 44.5 Å². The van der Waals surface area contributed by atoms with E-state index in [0.29, 0.717) is 13.2 Å². The van der Waals surface area contributed by atoms with Gasteiger partial charge in [0, 0.05) is 6.04 Å². The molecule has 4 heteroatoms. The zero-order valence-corrected chi connectivity index (χ0v) is 10.8. The molecule has 94 valence electrons. The molecule has 1 heterocycles. The van der Waals surface area contributed by atoms with Crippen LogP contribution in [0, 0.1) is 0 Å². The van der Waals surface area contributed by atoms with Crippen molar-refractivity contribution in [3.8, 4) is 11.5 Å². The molecule has 1 aliphatic heterocycles. The van der Waals surface area contributed by atoms with Crippen LogP contribution >= 0.6 is 12.4 Å². The molecule has 1 aromatic rings. The second-order valence-corrected chi connectivity index (χ2v) is 4.17. The van der Waals surface area contributed by atoms with Gasteiger partial charge in [-0.2, -0.15) is 0 Å². The Hall–Kier alpha value is -1.19. The van der Waals surface area contributed by atoms with Gasteiger partial charge in [-0.3, -0.25) is 0 Å². The number of benzene rings is 1. The van der Waals surface area contributed by atoms with Gasteiger partial charge < -0.3 is 15.2 Å². The third-order valence-electron chi connectivity index (χ3n) is 2.56. The second-order valence-electron chi connectivity index (χ2n) is 4.17. The van der Waals surface area contributed by atoms with Crippen LogP contribution in [0.25, 0.3) is 0 Å². The normalized spacial score (nSPS) is 14.7. The van der Waals surface area contributed by atoms with Crippen LogP contribution < -0.4 is 15.2 Å². The minimum absolute atomic E-state index is 0. The molecular weight excluding hydrogens is 238 g/mol. The predicted molar refractivity (Wildman–Crippen MR) is 71.0 cm³/mol. The summed E-state index contributed by atoms with van der Waals surface area (Å²) >= 11 is 0. The van der Waals surface area contributed by atoms with E-state index in [1.54, 1.807) is 0 Å². The van der Waals surface area contributed by atoms with Gasteiger partial charge in [0.15, 0.2) is 11.5 Å². The SMILES string of the molecule is C=C(C)C[C@@H](N)c1ccc2c(c1)OCCO2.Cl. The molecule has 0 aromatic heterocycles. The molecule has 1 aromatic carbocycles. The number of hydrogen-bond donors (Lipinski definition) is 1. The van der Waals surface area contributed by atoms with Crippen LogP contribution in [0.2, 0.25) is 0 Å². The maximum absolute atomic E-state index is 6.07. The molecule has 0 bridgehead atoms. The van der Waals surface area contributed by atoms with Crippen molar-refractivity contribution in [2.24, 2.45) is 5.73 Å². The average Bonchev–Trinajstić information content (AvgIpc) is 2.27. The Morgan fingerprint density at radius 1 is 1.35 bits per heavy atom. The average molecular weight is 256 g/mol. The first-order valence-electron chi connectivity index (χ1n) is 5.46. The van der Waals surface area contributed by atoms with Crippen LogP contribution in [-0.4, -0.2) is 13.2 Å². The van der Waals surface area contributed by atoms with Crippen molar-refractivity contribution < 1.29 is 9.47 Å². The van der Waals surface area contributed by atoms with E-state index < -0.39 is 0 Å². The van der Waals surface area contributed by atoms with Crippen molar-refractivity contribution in [2.45, 2.75) is 19.4 Å². The lowest BCUT2D eigenvalue weighted by atomic mass is 10.0. The summed E-state index contributed by atoms with van der Waals surface area (Å²) in [7, 11) is 0. The fourth-order valence-corrected chi connectivity index (χ4v) is 1.78. The Labute approximate surface area is 108 Å². The second kappa shape index (κ2) is 5.94. The Bertz CT molecular complexity index is 406. The summed E-state index contributed by atoms with van der Waals surface area (Å²) in [6.45, 7) is 7.07. The molecule has 0 aliphatic carbocycles. The molecule has 1 atom stereocenters. The monoisotopic (exact) mass is 255 g/mol. The largest absolute Gasteiger partial charge is 0.486 e. The minimum Gasteiger partial charge on any atom is -0.486 e. The molecule has 2 N–H and O–H groups in total. The number of ether oxygens (including phenoxy) is 2. The number of rotatable bonds is 3. The van der Waals surface area contributed by atoms with E-state index in [1.807, 2.05) is 25.1 Å². The van der Waals surface area contributed by atoms with E-state index in [9.17, 15) is 0 Å². The number of halogens is 1. The highest BCUT2D eigenvalue weighted by molar-refractivity contribution is 5.85. The minimum atomic E-state index is -0.0201. The van der Waals surface area contributed by atoms with E-state index >= 15 is 0 Å². The first-order valence-corrected chi connectivity index (χ1v) is 5.46. The summed E-state index contributed by atoms with van der Waals surface area (Å²) < 4.78 is 11.0.